The van der Waals surface area contributed by atoms with Crippen LogP contribution in [0.3, 0.4) is 0 Å². The third-order valence-electron chi connectivity index (χ3n) is 2.98. The fourth-order valence-electron chi connectivity index (χ4n) is 1.54. The van der Waals surface area contributed by atoms with Gasteiger partial charge in [0.25, 0.3) is 0 Å². The lowest BCUT2D eigenvalue weighted by Gasteiger charge is -2.13. The zero-order valence-electron chi connectivity index (χ0n) is 10.2. The normalized spacial score (nSPS) is 16.9. The van der Waals surface area contributed by atoms with E-state index in [9.17, 15) is 0 Å². The second-order valence-corrected chi connectivity index (χ2v) is 5.15. The summed E-state index contributed by atoms with van der Waals surface area (Å²) in [7, 11) is 0. The molecule has 1 saturated carbocycles. The van der Waals surface area contributed by atoms with Crippen molar-refractivity contribution in [1.29, 1.82) is 0 Å². The molecule has 0 spiro atoms. The second kappa shape index (κ2) is 5.19. The molecule has 2 rings (SSSR count). The van der Waals surface area contributed by atoms with Gasteiger partial charge in [0.1, 0.15) is 16.8 Å². The molecule has 0 aromatic carbocycles. The van der Waals surface area contributed by atoms with E-state index in [2.05, 4.69) is 15.3 Å². The highest BCUT2D eigenvalue weighted by atomic mass is 35.5. The molecule has 0 bridgehead atoms. The summed E-state index contributed by atoms with van der Waals surface area (Å²) >= 11 is 6.10. The maximum absolute atomic E-state index is 8.99. The molecule has 2 N–H and O–H groups in total. The Balaban J connectivity index is 2.13. The Hall–Kier alpha value is -0.870. The molecule has 1 aromatic heterocycles. The van der Waals surface area contributed by atoms with Gasteiger partial charge in [-0.15, -0.1) is 0 Å². The molecule has 1 aliphatic rings. The first-order chi connectivity index (χ1) is 8.11. The van der Waals surface area contributed by atoms with Crippen LogP contribution < -0.4 is 5.32 Å². The number of aliphatic hydroxyl groups is 1. The van der Waals surface area contributed by atoms with Crippen LogP contribution in [0.1, 0.15) is 37.1 Å². The summed E-state index contributed by atoms with van der Waals surface area (Å²) in [5.74, 6) is 2.34. The number of aromatic nitrogens is 2. The molecule has 4 nitrogen and oxygen atoms in total. The van der Waals surface area contributed by atoms with Crippen molar-refractivity contribution < 1.29 is 5.11 Å². The van der Waals surface area contributed by atoms with Crippen molar-refractivity contribution in [3.8, 4) is 0 Å². The van der Waals surface area contributed by atoms with Crippen molar-refractivity contribution >= 4 is 17.4 Å². The quantitative estimate of drug-likeness (QED) is 0.793. The molecule has 0 radical (unpaired) electrons. The summed E-state index contributed by atoms with van der Waals surface area (Å²) in [5.41, 5.74) is 0.876. The average Bonchev–Trinajstić information content (AvgIpc) is 3.14. The number of aliphatic hydroxyl groups excluding tert-OH is 1. The van der Waals surface area contributed by atoms with Crippen LogP contribution >= 0.6 is 11.6 Å². The van der Waals surface area contributed by atoms with Gasteiger partial charge < -0.3 is 10.4 Å². The summed E-state index contributed by atoms with van der Waals surface area (Å²) in [6.45, 7) is 4.74. The SMILES string of the molecule is Cc1c(Cl)nc(C2CC2)nc1NCC(C)CO. The van der Waals surface area contributed by atoms with Crippen LogP contribution in [-0.2, 0) is 0 Å². The third kappa shape index (κ3) is 3.07. The van der Waals surface area contributed by atoms with Crippen molar-refractivity contribution in [3.05, 3.63) is 16.5 Å². The van der Waals surface area contributed by atoms with Crippen molar-refractivity contribution in [2.24, 2.45) is 5.92 Å². The maximum atomic E-state index is 8.99. The van der Waals surface area contributed by atoms with Crippen molar-refractivity contribution in [3.63, 3.8) is 0 Å². The molecule has 1 atom stereocenters. The molecule has 1 heterocycles. The number of hydrogen-bond acceptors (Lipinski definition) is 4. The van der Waals surface area contributed by atoms with Crippen LogP contribution in [0.25, 0.3) is 0 Å². The molecular weight excluding hydrogens is 238 g/mol. The molecule has 0 aliphatic heterocycles. The first-order valence-corrected chi connectivity index (χ1v) is 6.38. The molecule has 1 unspecified atom stereocenters. The van der Waals surface area contributed by atoms with Gasteiger partial charge in [0.15, 0.2) is 0 Å². The fraction of sp³-hybridized carbons (Fsp3) is 0.667. The molecule has 0 amide bonds. The topological polar surface area (TPSA) is 58.0 Å². The van der Waals surface area contributed by atoms with E-state index in [1.165, 1.54) is 0 Å². The van der Waals surface area contributed by atoms with E-state index in [0.29, 0.717) is 17.6 Å². The number of nitrogens with one attached hydrogen (secondary N) is 1. The molecular formula is C12H18ClN3O. The monoisotopic (exact) mass is 255 g/mol. The van der Waals surface area contributed by atoms with Gasteiger partial charge in [-0.05, 0) is 25.7 Å². The highest BCUT2D eigenvalue weighted by molar-refractivity contribution is 6.30. The molecule has 0 saturated heterocycles. The fourth-order valence-corrected chi connectivity index (χ4v) is 1.71. The Bertz CT molecular complexity index is 407. The van der Waals surface area contributed by atoms with Crippen LogP contribution in [-0.4, -0.2) is 28.2 Å². The minimum absolute atomic E-state index is 0.167. The van der Waals surface area contributed by atoms with Crippen LogP contribution in [0.4, 0.5) is 5.82 Å². The van der Waals surface area contributed by atoms with Crippen molar-refractivity contribution in [2.75, 3.05) is 18.5 Å². The van der Waals surface area contributed by atoms with Crippen LogP contribution in [0.15, 0.2) is 0 Å². The van der Waals surface area contributed by atoms with Gasteiger partial charge in [-0.3, -0.25) is 0 Å². The lowest BCUT2D eigenvalue weighted by Crippen LogP contribution is -2.16. The first-order valence-electron chi connectivity index (χ1n) is 6.00. The standard InChI is InChI=1S/C12H18ClN3O/c1-7(6-17)5-14-11-8(2)10(13)15-12(16-11)9-3-4-9/h7,9,17H,3-6H2,1-2H3,(H,14,15,16). The Morgan fingerprint density at radius 1 is 1.47 bits per heavy atom. The number of hydrogen-bond donors (Lipinski definition) is 2. The lowest BCUT2D eigenvalue weighted by molar-refractivity contribution is 0.244. The molecule has 1 fully saturated rings. The maximum Gasteiger partial charge on any atom is 0.137 e. The van der Waals surface area contributed by atoms with Gasteiger partial charge >= 0.3 is 0 Å². The predicted molar refractivity (Wildman–Crippen MR) is 68.5 cm³/mol. The Morgan fingerprint density at radius 2 is 2.18 bits per heavy atom. The van der Waals surface area contributed by atoms with E-state index < -0.39 is 0 Å². The van der Waals surface area contributed by atoms with Gasteiger partial charge in [-0.1, -0.05) is 18.5 Å². The Labute approximate surface area is 106 Å². The number of anilines is 1. The predicted octanol–water partition coefficient (Wildman–Crippen LogP) is 2.36. The van der Waals surface area contributed by atoms with Crippen molar-refractivity contribution in [1.82, 2.24) is 9.97 Å². The summed E-state index contributed by atoms with van der Waals surface area (Å²) in [5, 5.41) is 12.8. The van der Waals surface area contributed by atoms with Gasteiger partial charge in [0.05, 0.1) is 0 Å². The first kappa shape index (κ1) is 12.6. The van der Waals surface area contributed by atoms with Gasteiger partial charge in [0.2, 0.25) is 0 Å². The number of halogens is 1. The lowest BCUT2D eigenvalue weighted by atomic mass is 10.2. The molecule has 5 heteroatoms. The highest BCUT2D eigenvalue weighted by Crippen LogP contribution is 2.39. The number of nitrogens with zero attached hydrogens (tertiary/aromatic N) is 2. The molecule has 1 aromatic rings. The molecule has 17 heavy (non-hydrogen) atoms. The smallest absolute Gasteiger partial charge is 0.137 e. The second-order valence-electron chi connectivity index (χ2n) is 4.79. The van der Waals surface area contributed by atoms with E-state index in [4.69, 9.17) is 16.7 Å². The average molecular weight is 256 g/mol. The summed E-state index contributed by atoms with van der Waals surface area (Å²) < 4.78 is 0. The summed E-state index contributed by atoms with van der Waals surface area (Å²) in [6.07, 6.45) is 2.32. The van der Waals surface area contributed by atoms with Crippen molar-refractivity contribution in [2.45, 2.75) is 32.6 Å². The molecule has 94 valence electrons. The number of rotatable bonds is 5. The van der Waals surface area contributed by atoms with Crippen LogP contribution in [0.5, 0.6) is 0 Å². The minimum Gasteiger partial charge on any atom is -0.396 e. The van der Waals surface area contributed by atoms with E-state index in [1.807, 2.05) is 13.8 Å². The Kier molecular flexibility index (Phi) is 3.84. The van der Waals surface area contributed by atoms with E-state index >= 15 is 0 Å². The van der Waals surface area contributed by atoms with Crippen LogP contribution in [0, 0.1) is 12.8 Å². The van der Waals surface area contributed by atoms with Gasteiger partial charge in [-0.25, -0.2) is 9.97 Å². The minimum atomic E-state index is 0.167. The van der Waals surface area contributed by atoms with E-state index in [1.54, 1.807) is 0 Å². The zero-order valence-corrected chi connectivity index (χ0v) is 11.0. The van der Waals surface area contributed by atoms with E-state index in [0.717, 1.165) is 30.0 Å². The van der Waals surface area contributed by atoms with E-state index in [-0.39, 0.29) is 12.5 Å². The van der Waals surface area contributed by atoms with Gasteiger partial charge in [0, 0.05) is 24.6 Å². The molecule has 1 aliphatic carbocycles. The third-order valence-corrected chi connectivity index (χ3v) is 3.34. The summed E-state index contributed by atoms with van der Waals surface area (Å²) in [6, 6.07) is 0. The zero-order chi connectivity index (χ0) is 12.4. The van der Waals surface area contributed by atoms with Gasteiger partial charge in [-0.2, -0.15) is 0 Å². The van der Waals surface area contributed by atoms with Crippen LogP contribution in [0.2, 0.25) is 5.15 Å². The highest BCUT2D eigenvalue weighted by Gasteiger charge is 2.28. The Morgan fingerprint density at radius 3 is 2.76 bits per heavy atom. The largest absolute Gasteiger partial charge is 0.396 e. The summed E-state index contributed by atoms with van der Waals surface area (Å²) in [4.78, 5) is 8.82.